The zero-order valence-electron chi connectivity index (χ0n) is 41.8. The Bertz CT molecular complexity index is 1590. The average molecular weight is 1020 g/mol. The van der Waals surface area contributed by atoms with E-state index in [0.717, 1.165) is 76.7 Å². The number of esters is 2. The molecular formula is C52H89O17P. The van der Waals surface area contributed by atoms with E-state index in [1.165, 1.54) is 31.8 Å². The van der Waals surface area contributed by atoms with Gasteiger partial charge in [-0.3, -0.25) is 18.6 Å². The zero-order valence-corrected chi connectivity index (χ0v) is 42.7. The Balaban J connectivity index is 2.05. The summed E-state index contributed by atoms with van der Waals surface area (Å²) in [5.74, 6) is -2.63. The molecule has 0 spiro atoms. The number of rotatable bonds is 26. The molecule has 404 valence electrons. The first-order valence-electron chi connectivity index (χ1n) is 26.0. The number of unbranched alkanes of at least 4 members (excludes halogenated alkanes) is 12. The second-order valence-electron chi connectivity index (χ2n) is 18.5. The molecule has 18 heteroatoms. The standard InChI is InChI=1S/C52H89O17P/c1-3-5-7-8-9-10-11-12-13-14-15-16-17-18-19-20-21-22-23-28-32-44(55)65-37-40-38-66-70(63,64)69-52-50(61)48(59)43(35-34-39(53)30-26-6-4-2)68-46(57)36-42(54)41(47(58)49(60)51(52)62)31-27-24-25-29-33-45(56)67-40/h10-11,13-14,16-17,24,27,34-35,39-43,46-54,57-62H,3-9,12,15,18-23,25-26,28-33,36-38H2,1-2H3,(H,63,64)/b11-10-,14-13-,17-16-,27-24?,35-34?/t39-,40+,41-,42-,43+,46?,47+,48+,49-,50+,51+,52+/m0/s1. The van der Waals surface area contributed by atoms with Gasteiger partial charge in [0.2, 0.25) is 0 Å². The van der Waals surface area contributed by atoms with E-state index >= 15 is 0 Å². The van der Waals surface area contributed by atoms with Crippen LogP contribution in [0.2, 0.25) is 0 Å². The lowest BCUT2D eigenvalue weighted by atomic mass is 9.83. The number of phosphoric acid groups is 1. The Morgan fingerprint density at radius 1 is 0.771 bits per heavy atom. The van der Waals surface area contributed by atoms with Crippen molar-refractivity contribution in [1.29, 1.82) is 0 Å². The fourth-order valence-electron chi connectivity index (χ4n) is 8.11. The monoisotopic (exact) mass is 1020 g/mol. The summed E-state index contributed by atoms with van der Waals surface area (Å²) in [5.41, 5.74) is 0. The Labute approximate surface area is 416 Å². The minimum atomic E-state index is -5.48. The van der Waals surface area contributed by atoms with Crippen LogP contribution in [0.15, 0.2) is 60.8 Å². The van der Waals surface area contributed by atoms with E-state index in [0.29, 0.717) is 25.7 Å². The van der Waals surface area contributed by atoms with E-state index in [1.54, 1.807) is 12.2 Å². The van der Waals surface area contributed by atoms with Gasteiger partial charge < -0.3 is 60.0 Å². The molecule has 0 amide bonds. The number of fused-ring (bicyclic) bond motifs is 4. The summed E-state index contributed by atoms with van der Waals surface area (Å²) in [7, 11) is -5.48. The van der Waals surface area contributed by atoms with E-state index in [1.807, 2.05) is 6.92 Å². The molecule has 1 saturated heterocycles. The van der Waals surface area contributed by atoms with Crippen molar-refractivity contribution in [2.24, 2.45) is 5.92 Å². The Morgan fingerprint density at radius 3 is 2.04 bits per heavy atom. The van der Waals surface area contributed by atoms with Gasteiger partial charge in [-0.2, -0.15) is 0 Å². The summed E-state index contributed by atoms with van der Waals surface area (Å²) in [5, 5.41) is 89.3. The first-order chi connectivity index (χ1) is 33.6. The van der Waals surface area contributed by atoms with Gasteiger partial charge >= 0.3 is 19.8 Å². The third kappa shape index (κ3) is 28.0. The van der Waals surface area contributed by atoms with Crippen molar-refractivity contribution in [2.45, 2.75) is 235 Å². The number of phosphoric ester groups is 1. The fourth-order valence-corrected chi connectivity index (χ4v) is 9.08. The number of hydrogen-bond acceptors (Lipinski definition) is 16. The summed E-state index contributed by atoms with van der Waals surface area (Å²) in [6.45, 7) is 2.77. The summed E-state index contributed by atoms with van der Waals surface area (Å²) in [6.07, 6.45) is 14.8. The van der Waals surface area contributed by atoms with E-state index < -0.39 is 113 Å². The molecule has 13 atom stereocenters. The maximum atomic E-state index is 13.5. The third-order valence-corrected chi connectivity index (χ3v) is 13.4. The van der Waals surface area contributed by atoms with E-state index in [2.05, 4.69) is 43.4 Å². The van der Waals surface area contributed by atoms with Gasteiger partial charge in [-0.1, -0.05) is 139 Å². The van der Waals surface area contributed by atoms with E-state index in [9.17, 15) is 59.9 Å². The molecular weight excluding hydrogens is 928 g/mol. The van der Waals surface area contributed by atoms with Gasteiger partial charge in [-0.15, -0.1) is 0 Å². The molecule has 2 aliphatic rings. The van der Waals surface area contributed by atoms with Crippen LogP contribution >= 0.6 is 7.82 Å². The van der Waals surface area contributed by atoms with Crippen LogP contribution in [-0.2, 0) is 37.4 Å². The third-order valence-electron chi connectivity index (χ3n) is 12.4. The number of carbonyl (C=O) groups is 2. The van der Waals surface area contributed by atoms with Gasteiger partial charge in [0.1, 0.15) is 43.2 Å². The van der Waals surface area contributed by atoms with Crippen LogP contribution in [-0.4, -0.2) is 138 Å². The SMILES string of the molecule is CCCCCC/C=C\C/C=C\C/C=C\CCCCCCCCC(=O)OC[C@@H]1COP(=O)(O)O[C@H]2[C@H](O)[C@@H](O)[C@H](O)[C@@H](CC=CCCCC(=O)O1)[C@@H](O)CC(O)O[C@H](C=C[C@@H](O)CCCCC)[C@@H](O)[C@H]2O. The number of aliphatic hydroxyl groups is 8. The molecule has 0 saturated carbocycles. The van der Waals surface area contributed by atoms with Crippen LogP contribution in [0.1, 0.15) is 168 Å². The summed E-state index contributed by atoms with van der Waals surface area (Å²) >= 11 is 0. The first-order valence-corrected chi connectivity index (χ1v) is 27.5. The molecule has 0 aromatic carbocycles. The van der Waals surface area contributed by atoms with Crippen LogP contribution in [0.3, 0.4) is 0 Å². The van der Waals surface area contributed by atoms with Crippen LogP contribution in [0, 0.1) is 5.92 Å². The van der Waals surface area contributed by atoms with Crippen LogP contribution in [0.4, 0.5) is 0 Å². The lowest BCUT2D eigenvalue weighted by molar-refractivity contribution is -0.213. The second kappa shape index (κ2) is 38.0. The molecule has 17 nitrogen and oxygen atoms in total. The van der Waals surface area contributed by atoms with Crippen molar-refractivity contribution in [3.05, 3.63) is 60.8 Å². The molecule has 1 fully saturated rings. The minimum absolute atomic E-state index is 0.0844. The van der Waals surface area contributed by atoms with E-state index in [4.69, 9.17) is 23.3 Å². The predicted octanol–water partition coefficient (Wildman–Crippen LogP) is 7.00. The number of cyclic esters (lactones) is 1. The molecule has 2 rings (SSSR count). The highest BCUT2D eigenvalue weighted by Gasteiger charge is 2.48. The van der Waals surface area contributed by atoms with Crippen molar-refractivity contribution < 1.29 is 83.2 Å². The fraction of sp³-hybridized carbons (Fsp3) is 0.769. The number of hydrogen-bond donors (Lipinski definition) is 9. The number of aliphatic hydroxyl groups excluding tert-OH is 8. The minimum Gasteiger partial charge on any atom is -0.462 e. The van der Waals surface area contributed by atoms with Crippen molar-refractivity contribution in [3.63, 3.8) is 0 Å². The molecule has 2 bridgehead atoms. The maximum absolute atomic E-state index is 13.5. The van der Waals surface area contributed by atoms with Crippen molar-refractivity contribution in [3.8, 4) is 0 Å². The van der Waals surface area contributed by atoms with Crippen molar-refractivity contribution in [2.75, 3.05) is 13.2 Å². The van der Waals surface area contributed by atoms with Gasteiger partial charge in [0.15, 0.2) is 12.4 Å². The Morgan fingerprint density at radius 2 is 1.37 bits per heavy atom. The zero-order chi connectivity index (χ0) is 51.6. The molecule has 0 radical (unpaired) electrons. The lowest BCUT2D eigenvalue weighted by Crippen LogP contribution is -2.58. The average Bonchev–Trinajstić information content (AvgIpc) is 3.32. The second-order valence-corrected chi connectivity index (χ2v) is 20.0. The molecule has 0 aromatic heterocycles. The summed E-state index contributed by atoms with van der Waals surface area (Å²) in [4.78, 5) is 36.5. The molecule has 2 unspecified atom stereocenters. The molecule has 0 aromatic rings. The quantitative estimate of drug-likeness (QED) is 0.0183. The van der Waals surface area contributed by atoms with Gasteiger partial charge in [0.05, 0.1) is 24.9 Å². The number of carbonyl (C=O) groups excluding carboxylic acids is 2. The maximum Gasteiger partial charge on any atom is 0.472 e. The Hall–Kier alpha value is -2.61. The van der Waals surface area contributed by atoms with Gasteiger partial charge in [0.25, 0.3) is 0 Å². The van der Waals surface area contributed by atoms with Gasteiger partial charge in [-0.25, -0.2) is 4.57 Å². The highest BCUT2D eigenvalue weighted by atomic mass is 31.2. The highest BCUT2D eigenvalue weighted by Crippen LogP contribution is 2.47. The smallest absolute Gasteiger partial charge is 0.462 e. The molecule has 0 aliphatic carbocycles. The van der Waals surface area contributed by atoms with Crippen molar-refractivity contribution in [1.82, 2.24) is 0 Å². The van der Waals surface area contributed by atoms with Crippen molar-refractivity contribution >= 4 is 19.8 Å². The van der Waals surface area contributed by atoms with Crippen LogP contribution in [0.5, 0.6) is 0 Å². The first kappa shape index (κ1) is 63.5. The van der Waals surface area contributed by atoms with Crippen LogP contribution < -0.4 is 0 Å². The summed E-state index contributed by atoms with van der Waals surface area (Å²) < 4.78 is 40.3. The number of allylic oxidation sites excluding steroid dienone is 8. The molecule has 2 heterocycles. The highest BCUT2D eigenvalue weighted by molar-refractivity contribution is 7.47. The van der Waals surface area contributed by atoms with E-state index in [-0.39, 0.29) is 25.7 Å². The van der Waals surface area contributed by atoms with Gasteiger partial charge in [-0.05, 0) is 70.6 Å². The van der Waals surface area contributed by atoms with Crippen LogP contribution in [0.25, 0.3) is 0 Å². The topological polar surface area (TPSA) is 279 Å². The predicted molar refractivity (Wildman–Crippen MR) is 266 cm³/mol. The summed E-state index contributed by atoms with van der Waals surface area (Å²) in [6, 6.07) is 0. The largest absolute Gasteiger partial charge is 0.472 e. The molecule has 9 N–H and O–H groups in total. The lowest BCUT2D eigenvalue weighted by Gasteiger charge is -2.39. The Kier molecular flexibility index (Phi) is 34.5. The molecule has 2 aliphatic heterocycles. The van der Waals surface area contributed by atoms with Gasteiger partial charge in [0, 0.05) is 25.2 Å². The normalized spacial score (nSPS) is 31.0. The molecule has 70 heavy (non-hydrogen) atoms. The number of ether oxygens (including phenoxy) is 3.